The first-order valence-corrected chi connectivity index (χ1v) is 10.3. The van der Waals surface area contributed by atoms with Gasteiger partial charge in [0.1, 0.15) is 5.75 Å². The zero-order valence-electron chi connectivity index (χ0n) is 15.7. The van der Waals surface area contributed by atoms with Crippen LogP contribution in [0.15, 0.2) is 64.3 Å². The summed E-state index contributed by atoms with van der Waals surface area (Å²) >= 11 is 8.88. The van der Waals surface area contributed by atoms with Crippen LogP contribution in [0.2, 0.25) is 0 Å². The summed E-state index contributed by atoms with van der Waals surface area (Å²) in [5.41, 5.74) is 2.86. The molecule has 5 nitrogen and oxygen atoms in total. The van der Waals surface area contributed by atoms with Crippen molar-refractivity contribution >= 4 is 44.9 Å². The van der Waals surface area contributed by atoms with Crippen LogP contribution in [0.5, 0.6) is 5.75 Å². The highest BCUT2D eigenvalue weighted by Gasteiger charge is 2.32. The molecule has 0 aromatic heterocycles. The molecule has 1 heterocycles. The van der Waals surface area contributed by atoms with Crippen molar-refractivity contribution in [2.24, 2.45) is 0 Å². The fraction of sp³-hybridized carbons (Fsp3) is 0.238. The van der Waals surface area contributed by atoms with E-state index in [0.29, 0.717) is 23.0 Å². The van der Waals surface area contributed by atoms with Crippen molar-refractivity contribution in [2.75, 3.05) is 11.9 Å². The number of amides is 1. The maximum Gasteiger partial charge on any atom is 0.255 e. The Morgan fingerprint density at radius 3 is 2.71 bits per heavy atom. The molecule has 0 aliphatic carbocycles. The number of ether oxygens (including phenoxy) is 1. The Hall–Kier alpha value is -2.38. The van der Waals surface area contributed by atoms with Gasteiger partial charge in [-0.15, -0.1) is 0 Å². The zero-order chi connectivity index (χ0) is 20.1. The van der Waals surface area contributed by atoms with Crippen LogP contribution < -0.4 is 20.7 Å². The molecule has 3 N–H and O–H groups in total. The third kappa shape index (κ3) is 4.72. The quantitative estimate of drug-likeness (QED) is 0.547. The summed E-state index contributed by atoms with van der Waals surface area (Å²) < 4.78 is 6.83. The number of carbonyl (C=O) groups excluding carboxylic acids is 1. The lowest BCUT2D eigenvalue weighted by atomic mass is 9.94. The van der Waals surface area contributed by atoms with Crippen molar-refractivity contribution in [3.05, 3.63) is 69.8 Å². The van der Waals surface area contributed by atoms with E-state index in [4.69, 9.17) is 17.0 Å². The van der Waals surface area contributed by atoms with Crippen LogP contribution in [0.1, 0.15) is 31.9 Å². The molecule has 1 aliphatic heterocycles. The minimum Gasteiger partial charge on any atom is -0.493 e. The third-order valence-corrected chi connectivity index (χ3v) is 5.00. The molecule has 7 heteroatoms. The van der Waals surface area contributed by atoms with Crippen LogP contribution in [-0.2, 0) is 4.79 Å². The number of hydrogen-bond donors (Lipinski definition) is 3. The number of anilines is 1. The van der Waals surface area contributed by atoms with E-state index in [9.17, 15) is 4.79 Å². The highest BCUT2D eigenvalue weighted by atomic mass is 79.9. The highest BCUT2D eigenvalue weighted by molar-refractivity contribution is 9.10. The molecular weight excluding hydrogens is 438 g/mol. The second-order valence-electron chi connectivity index (χ2n) is 6.42. The average Bonchev–Trinajstić information content (AvgIpc) is 2.67. The van der Waals surface area contributed by atoms with Gasteiger partial charge in [-0.2, -0.15) is 0 Å². The van der Waals surface area contributed by atoms with Gasteiger partial charge in [-0.1, -0.05) is 41.1 Å². The standard InChI is InChI=1S/C21H22BrN3O2S/c1-3-11-27-17-10-9-14(22)12-16(17)19-18(13(2)23-21(28)25-19)20(26)24-15-7-5-4-6-8-15/h4-10,12,19H,3,11H2,1-2H3,(H,24,26)(H2,23,25,28)/t19-/m1/s1. The van der Waals surface area contributed by atoms with Crippen LogP contribution in [0.25, 0.3) is 0 Å². The monoisotopic (exact) mass is 459 g/mol. The molecular formula is C21H22BrN3O2S. The summed E-state index contributed by atoms with van der Waals surface area (Å²) in [6, 6.07) is 14.7. The lowest BCUT2D eigenvalue weighted by Crippen LogP contribution is -2.45. The van der Waals surface area contributed by atoms with Gasteiger partial charge in [-0.25, -0.2) is 0 Å². The second-order valence-corrected chi connectivity index (χ2v) is 7.74. The Morgan fingerprint density at radius 2 is 2.00 bits per heavy atom. The highest BCUT2D eigenvalue weighted by Crippen LogP contribution is 2.35. The molecule has 0 unspecified atom stereocenters. The number of carbonyl (C=O) groups is 1. The fourth-order valence-electron chi connectivity index (χ4n) is 3.04. The molecule has 1 atom stereocenters. The van der Waals surface area contributed by atoms with E-state index in [1.54, 1.807) is 0 Å². The Labute approximate surface area is 178 Å². The van der Waals surface area contributed by atoms with Crippen molar-refractivity contribution < 1.29 is 9.53 Å². The number of allylic oxidation sites excluding steroid dienone is 1. The van der Waals surface area contributed by atoms with Crippen LogP contribution in [0.4, 0.5) is 5.69 Å². The molecule has 2 aromatic carbocycles. The molecule has 0 radical (unpaired) electrons. The molecule has 1 amide bonds. The second kappa shape index (κ2) is 9.21. The number of benzene rings is 2. The summed E-state index contributed by atoms with van der Waals surface area (Å²) in [6.45, 7) is 4.50. The summed E-state index contributed by atoms with van der Waals surface area (Å²) in [4.78, 5) is 13.1. The van der Waals surface area contributed by atoms with Crippen LogP contribution >= 0.6 is 28.1 Å². The summed E-state index contributed by atoms with van der Waals surface area (Å²) in [6.07, 6.45) is 0.893. The Balaban J connectivity index is 2.00. The molecule has 1 aliphatic rings. The number of rotatable bonds is 6. The Kier molecular flexibility index (Phi) is 6.70. The van der Waals surface area contributed by atoms with Gasteiger partial charge >= 0.3 is 0 Å². The molecule has 0 saturated heterocycles. The minimum absolute atomic E-state index is 0.197. The molecule has 0 fully saturated rings. The average molecular weight is 460 g/mol. The van der Waals surface area contributed by atoms with Crippen molar-refractivity contribution in [1.82, 2.24) is 10.6 Å². The Morgan fingerprint density at radius 1 is 1.25 bits per heavy atom. The van der Waals surface area contributed by atoms with Crippen LogP contribution in [0.3, 0.4) is 0 Å². The number of nitrogens with one attached hydrogen (secondary N) is 3. The van der Waals surface area contributed by atoms with Gasteiger partial charge in [0, 0.05) is 21.4 Å². The first kappa shape index (κ1) is 20.4. The fourth-order valence-corrected chi connectivity index (χ4v) is 3.69. The molecule has 28 heavy (non-hydrogen) atoms. The van der Waals surface area contributed by atoms with Gasteiger partial charge in [0.05, 0.1) is 18.2 Å². The maximum atomic E-state index is 13.1. The summed E-state index contributed by atoms with van der Waals surface area (Å²) in [5.74, 6) is 0.530. The van der Waals surface area contributed by atoms with Crippen LogP contribution in [0, 0.1) is 0 Å². The first-order valence-electron chi connectivity index (χ1n) is 9.06. The topological polar surface area (TPSA) is 62.4 Å². The van der Waals surface area contributed by atoms with Gasteiger partial charge < -0.3 is 20.7 Å². The van der Waals surface area contributed by atoms with E-state index in [1.807, 2.05) is 55.5 Å². The predicted octanol–water partition coefficient (Wildman–Crippen LogP) is 4.67. The van der Waals surface area contributed by atoms with Crippen molar-refractivity contribution in [1.29, 1.82) is 0 Å². The lowest BCUT2D eigenvalue weighted by Gasteiger charge is -2.31. The number of halogens is 1. The van der Waals surface area contributed by atoms with Gasteiger partial charge in [0.2, 0.25) is 0 Å². The van der Waals surface area contributed by atoms with Gasteiger partial charge in [-0.3, -0.25) is 4.79 Å². The number of para-hydroxylation sites is 1. The lowest BCUT2D eigenvalue weighted by molar-refractivity contribution is -0.113. The SMILES string of the molecule is CCCOc1ccc(Br)cc1[C@H]1NC(=S)NC(C)=C1C(=O)Nc1ccccc1. The molecule has 0 saturated carbocycles. The largest absolute Gasteiger partial charge is 0.493 e. The van der Waals surface area contributed by atoms with E-state index in [2.05, 4.69) is 38.8 Å². The molecule has 2 aromatic rings. The third-order valence-electron chi connectivity index (χ3n) is 4.29. The Bertz CT molecular complexity index is 915. The van der Waals surface area contributed by atoms with Gasteiger partial charge in [-0.05, 0) is 55.9 Å². The molecule has 0 bridgehead atoms. The molecule has 0 spiro atoms. The van der Waals surface area contributed by atoms with E-state index in [0.717, 1.165) is 27.9 Å². The van der Waals surface area contributed by atoms with E-state index < -0.39 is 6.04 Å². The van der Waals surface area contributed by atoms with Crippen molar-refractivity contribution in [2.45, 2.75) is 26.3 Å². The van der Waals surface area contributed by atoms with E-state index in [-0.39, 0.29) is 5.91 Å². The number of hydrogen-bond acceptors (Lipinski definition) is 3. The summed E-state index contributed by atoms with van der Waals surface area (Å²) in [7, 11) is 0. The van der Waals surface area contributed by atoms with Crippen molar-refractivity contribution in [3.63, 3.8) is 0 Å². The van der Waals surface area contributed by atoms with Crippen molar-refractivity contribution in [3.8, 4) is 5.75 Å². The van der Waals surface area contributed by atoms with Crippen LogP contribution in [-0.4, -0.2) is 17.6 Å². The minimum atomic E-state index is -0.429. The molecule has 3 rings (SSSR count). The zero-order valence-corrected chi connectivity index (χ0v) is 18.1. The molecule has 146 valence electrons. The van der Waals surface area contributed by atoms with E-state index >= 15 is 0 Å². The number of thiocarbonyl (C=S) groups is 1. The normalized spacial score (nSPS) is 16.2. The smallest absolute Gasteiger partial charge is 0.255 e. The maximum absolute atomic E-state index is 13.1. The predicted molar refractivity (Wildman–Crippen MR) is 119 cm³/mol. The first-order chi connectivity index (χ1) is 13.5. The van der Waals surface area contributed by atoms with Gasteiger partial charge in [0.25, 0.3) is 5.91 Å². The van der Waals surface area contributed by atoms with Gasteiger partial charge in [0.15, 0.2) is 5.11 Å². The van der Waals surface area contributed by atoms with E-state index in [1.165, 1.54) is 0 Å². The summed E-state index contributed by atoms with van der Waals surface area (Å²) in [5, 5.41) is 9.72.